The van der Waals surface area contributed by atoms with Crippen molar-refractivity contribution in [3.63, 3.8) is 0 Å². The Bertz CT molecular complexity index is 764. The van der Waals surface area contributed by atoms with Crippen molar-refractivity contribution in [1.29, 1.82) is 0 Å². The van der Waals surface area contributed by atoms with Gasteiger partial charge in [0.25, 0.3) is 0 Å². The Morgan fingerprint density at radius 3 is 2.71 bits per heavy atom. The molecule has 0 amide bonds. The van der Waals surface area contributed by atoms with Gasteiger partial charge in [-0.2, -0.15) is 0 Å². The van der Waals surface area contributed by atoms with Gasteiger partial charge in [-0.05, 0) is 48.7 Å². The maximum absolute atomic E-state index is 6.03. The molecule has 0 atom stereocenters. The van der Waals surface area contributed by atoms with Crippen LogP contribution in [0.15, 0.2) is 53.1 Å². The maximum atomic E-state index is 6.03. The molecule has 106 valence electrons. The molecule has 2 aromatic heterocycles. The number of nitrogen functional groups attached to an aromatic ring is 2. The van der Waals surface area contributed by atoms with Gasteiger partial charge in [-0.3, -0.25) is 0 Å². The molecule has 0 saturated carbocycles. The van der Waals surface area contributed by atoms with E-state index in [1.165, 1.54) is 0 Å². The van der Waals surface area contributed by atoms with Crippen molar-refractivity contribution in [3.8, 4) is 11.3 Å². The largest absolute Gasteiger partial charge is 0.464 e. The van der Waals surface area contributed by atoms with Crippen molar-refractivity contribution in [2.24, 2.45) is 0 Å². The average Bonchev–Trinajstić information content (AvgIpc) is 2.99. The smallest absolute Gasteiger partial charge is 0.147 e. The Labute approximate surface area is 123 Å². The number of anilines is 2. The van der Waals surface area contributed by atoms with E-state index in [2.05, 4.69) is 17.1 Å². The lowest BCUT2D eigenvalue weighted by Gasteiger charge is -2.10. The van der Waals surface area contributed by atoms with Crippen molar-refractivity contribution >= 4 is 11.5 Å². The second-order valence-electron chi connectivity index (χ2n) is 5.08. The van der Waals surface area contributed by atoms with Crippen LogP contribution in [0.25, 0.3) is 11.3 Å². The fourth-order valence-corrected chi connectivity index (χ4v) is 2.42. The topological polar surface area (TPSA) is 78.1 Å². The fourth-order valence-electron chi connectivity index (χ4n) is 2.42. The van der Waals surface area contributed by atoms with Crippen LogP contribution in [-0.2, 0) is 6.42 Å². The Morgan fingerprint density at radius 1 is 1.10 bits per heavy atom. The number of aromatic nitrogens is 1. The number of nitrogens with two attached hydrogens (primary N) is 2. The zero-order valence-electron chi connectivity index (χ0n) is 11.8. The molecule has 2 heterocycles. The first-order chi connectivity index (χ1) is 10.1. The standard InChI is InChI=1S/C17H17N3O/c1-11-8-14(16(18)17(19)20-11)10-12-4-2-5-13(9-12)15-6-3-7-21-15/h2-9H,10,18H2,1H3,(H2,19,20). The van der Waals surface area contributed by atoms with Crippen LogP contribution in [0.3, 0.4) is 0 Å². The van der Waals surface area contributed by atoms with Crippen molar-refractivity contribution in [1.82, 2.24) is 4.98 Å². The van der Waals surface area contributed by atoms with Crippen LogP contribution in [0.1, 0.15) is 16.8 Å². The van der Waals surface area contributed by atoms with Crippen molar-refractivity contribution in [2.45, 2.75) is 13.3 Å². The summed E-state index contributed by atoms with van der Waals surface area (Å²) >= 11 is 0. The molecular weight excluding hydrogens is 262 g/mol. The van der Waals surface area contributed by atoms with Crippen LogP contribution in [-0.4, -0.2) is 4.98 Å². The van der Waals surface area contributed by atoms with E-state index in [0.29, 0.717) is 17.9 Å². The number of aryl methyl sites for hydroxylation is 1. The highest BCUT2D eigenvalue weighted by atomic mass is 16.3. The van der Waals surface area contributed by atoms with Crippen LogP contribution in [0.5, 0.6) is 0 Å². The lowest BCUT2D eigenvalue weighted by atomic mass is 10.0. The Morgan fingerprint density at radius 2 is 1.95 bits per heavy atom. The monoisotopic (exact) mass is 279 g/mol. The average molecular weight is 279 g/mol. The highest BCUT2D eigenvalue weighted by Crippen LogP contribution is 2.25. The number of rotatable bonds is 3. The normalized spacial score (nSPS) is 10.7. The molecule has 0 radical (unpaired) electrons. The van der Waals surface area contributed by atoms with E-state index < -0.39 is 0 Å². The first-order valence-electron chi connectivity index (χ1n) is 6.78. The van der Waals surface area contributed by atoms with Crippen LogP contribution in [0, 0.1) is 6.92 Å². The number of hydrogen-bond donors (Lipinski definition) is 2. The Kier molecular flexibility index (Phi) is 3.36. The lowest BCUT2D eigenvalue weighted by molar-refractivity contribution is 0.582. The molecule has 4 nitrogen and oxygen atoms in total. The van der Waals surface area contributed by atoms with E-state index in [1.54, 1.807) is 6.26 Å². The maximum Gasteiger partial charge on any atom is 0.147 e. The minimum atomic E-state index is 0.396. The van der Waals surface area contributed by atoms with Gasteiger partial charge < -0.3 is 15.9 Å². The van der Waals surface area contributed by atoms with E-state index >= 15 is 0 Å². The summed E-state index contributed by atoms with van der Waals surface area (Å²) in [5.74, 6) is 1.25. The van der Waals surface area contributed by atoms with Gasteiger partial charge in [0.05, 0.1) is 12.0 Å². The van der Waals surface area contributed by atoms with Gasteiger partial charge >= 0.3 is 0 Å². The lowest BCUT2D eigenvalue weighted by Crippen LogP contribution is -2.04. The molecule has 0 fully saturated rings. The van der Waals surface area contributed by atoms with Crippen LogP contribution >= 0.6 is 0 Å². The van der Waals surface area contributed by atoms with Crippen molar-refractivity contribution in [3.05, 3.63) is 65.5 Å². The van der Waals surface area contributed by atoms with Gasteiger partial charge in [-0.15, -0.1) is 0 Å². The Hall–Kier alpha value is -2.75. The SMILES string of the molecule is Cc1cc(Cc2cccc(-c3ccco3)c2)c(N)c(N)n1. The molecular formula is C17H17N3O. The van der Waals surface area contributed by atoms with Gasteiger partial charge in [0.15, 0.2) is 0 Å². The quantitative estimate of drug-likeness (QED) is 0.770. The van der Waals surface area contributed by atoms with E-state index in [4.69, 9.17) is 15.9 Å². The highest BCUT2D eigenvalue weighted by molar-refractivity contribution is 5.65. The summed E-state index contributed by atoms with van der Waals surface area (Å²) < 4.78 is 5.43. The number of pyridine rings is 1. The molecule has 3 aromatic rings. The molecule has 0 aliphatic rings. The van der Waals surface area contributed by atoms with Crippen molar-refractivity contribution < 1.29 is 4.42 Å². The highest BCUT2D eigenvalue weighted by Gasteiger charge is 2.08. The zero-order valence-corrected chi connectivity index (χ0v) is 11.8. The molecule has 4 heteroatoms. The molecule has 21 heavy (non-hydrogen) atoms. The zero-order chi connectivity index (χ0) is 14.8. The van der Waals surface area contributed by atoms with Crippen LogP contribution in [0.4, 0.5) is 11.5 Å². The minimum absolute atomic E-state index is 0.396. The number of hydrogen-bond acceptors (Lipinski definition) is 4. The Balaban J connectivity index is 1.94. The molecule has 3 rings (SSSR count). The summed E-state index contributed by atoms with van der Waals surface area (Å²) in [7, 11) is 0. The number of furan rings is 1. The molecule has 0 aliphatic heterocycles. The predicted octanol–water partition coefficient (Wildman–Crippen LogP) is 3.41. The predicted molar refractivity (Wildman–Crippen MR) is 84.7 cm³/mol. The summed E-state index contributed by atoms with van der Waals surface area (Å²) in [6, 6.07) is 14.0. The summed E-state index contributed by atoms with van der Waals surface area (Å²) in [5, 5.41) is 0. The first-order valence-corrected chi connectivity index (χ1v) is 6.78. The van der Waals surface area contributed by atoms with Gasteiger partial charge in [-0.25, -0.2) is 4.98 Å². The number of benzene rings is 1. The molecule has 0 spiro atoms. The second kappa shape index (κ2) is 5.32. The summed E-state index contributed by atoms with van der Waals surface area (Å²) in [5.41, 5.74) is 16.5. The molecule has 1 aromatic carbocycles. The third-order valence-corrected chi connectivity index (χ3v) is 3.43. The van der Waals surface area contributed by atoms with Gasteiger partial charge in [0.1, 0.15) is 11.6 Å². The molecule has 0 aliphatic carbocycles. The molecule has 4 N–H and O–H groups in total. The number of nitrogens with zero attached hydrogens (tertiary/aromatic N) is 1. The molecule has 0 bridgehead atoms. The third kappa shape index (κ3) is 2.74. The second-order valence-corrected chi connectivity index (χ2v) is 5.08. The van der Waals surface area contributed by atoms with Crippen LogP contribution < -0.4 is 11.5 Å². The van der Waals surface area contributed by atoms with Gasteiger partial charge in [-0.1, -0.05) is 18.2 Å². The van der Waals surface area contributed by atoms with E-state index in [1.807, 2.05) is 37.3 Å². The van der Waals surface area contributed by atoms with Crippen molar-refractivity contribution in [2.75, 3.05) is 11.5 Å². The third-order valence-electron chi connectivity index (χ3n) is 3.43. The van der Waals surface area contributed by atoms with Crippen LogP contribution in [0.2, 0.25) is 0 Å². The molecule has 0 saturated heterocycles. The summed E-state index contributed by atoms with van der Waals surface area (Å²) in [6.07, 6.45) is 2.39. The van der Waals surface area contributed by atoms with Gasteiger partial charge in [0, 0.05) is 11.3 Å². The van der Waals surface area contributed by atoms with E-state index in [9.17, 15) is 0 Å². The minimum Gasteiger partial charge on any atom is -0.464 e. The van der Waals surface area contributed by atoms with Gasteiger partial charge in [0.2, 0.25) is 0 Å². The summed E-state index contributed by atoms with van der Waals surface area (Å²) in [4.78, 5) is 4.17. The van der Waals surface area contributed by atoms with E-state index in [-0.39, 0.29) is 0 Å². The summed E-state index contributed by atoms with van der Waals surface area (Å²) in [6.45, 7) is 1.92. The first kappa shape index (κ1) is 13.2. The van der Waals surface area contributed by atoms with E-state index in [0.717, 1.165) is 28.1 Å². The fraction of sp³-hybridized carbons (Fsp3) is 0.118. The molecule has 0 unspecified atom stereocenters.